The Hall–Kier alpha value is -2.31. The van der Waals surface area contributed by atoms with Gasteiger partial charge in [-0.3, -0.25) is 14.8 Å². The monoisotopic (exact) mass is 413 g/mol. The number of H-pyrrole nitrogens is 1. The molecule has 0 aromatic carbocycles. The van der Waals surface area contributed by atoms with Crippen molar-refractivity contribution in [3.8, 4) is 5.88 Å². The molecule has 1 N–H and O–H groups in total. The predicted molar refractivity (Wildman–Crippen MR) is 84.1 cm³/mol. The number of carbonyl (C=O) groups excluding carboxylic acids is 2. The second-order valence-corrected chi connectivity index (χ2v) is 8.45. The Balaban J connectivity index is 2.37. The number of amides is 1. The summed E-state index contributed by atoms with van der Waals surface area (Å²) in [7, 11) is -5.93. The molecule has 0 bridgehead atoms. The molecule has 2 rings (SSSR count). The van der Waals surface area contributed by atoms with Crippen LogP contribution in [0.3, 0.4) is 0 Å². The molecule has 0 aliphatic carbocycles. The second-order valence-electron chi connectivity index (χ2n) is 6.91. The molecule has 2 heterocycles. The largest absolute Gasteiger partial charge is 0.534 e. The number of carbonyl (C=O) groups is 2. The van der Waals surface area contributed by atoms with E-state index >= 15 is 0 Å². The normalized spacial score (nSPS) is 18.0. The maximum absolute atomic E-state index is 12.5. The predicted octanol–water partition coefficient (Wildman–Crippen LogP) is 1.89. The highest BCUT2D eigenvalue weighted by molar-refractivity contribution is 7.87. The number of nitrogens with zero attached hydrogens (tertiary/aromatic N) is 2. The zero-order valence-corrected chi connectivity index (χ0v) is 15.7. The lowest BCUT2D eigenvalue weighted by atomic mass is 9.98. The van der Waals surface area contributed by atoms with Gasteiger partial charge >= 0.3 is 21.7 Å². The standard InChI is InChI=1S/C14H18F3N3O6S/c1-7(21)10-5-9-8(6-20(10)12(22)25-13(2,3)4)11(19-18-9)26-27(23,24)14(15,16)17/h10H,5-6H2,1-4H3,(H,18,19). The second kappa shape index (κ2) is 6.69. The third-order valence-corrected chi connectivity index (χ3v) is 4.53. The van der Waals surface area contributed by atoms with Crippen molar-refractivity contribution in [2.75, 3.05) is 0 Å². The Morgan fingerprint density at radius 2 is 1.85 bits per heavy atom. The number of alkyl halides is 3. The van der Waals surface area contributed by atoms with Gasteiger partial charge in [0.05, 0.1) is 18.2 Å². The fraction of sp³-hybridized carbons (Fsp3) is 0.643. The van der Waals surface area contributed by atoms with Crippen molar-refractivity contribution in [1.82, 2.24) is 15.1 Å². The van der Waals surface area contributed by atoms with E-state index in [1.54, 1.807) is 20.8 Å². The van der Waals surface area contributed by atoms with E-state index in [9.17, 15) is 31.2 Å². The van der Waals surface area contributed by atoms with Crippen molar-refractivity contribution in [2.24, 2.45) is 0 Å². The van der Waals surface area contributed by atoms with Crippen LogP contribution in [-0.4, -0.2) is 52.5 Å². The Morgan fingerprint density at radius 3 is 2.33 bits per heavy atom. The summed E-state index contributed by atoms with van der Waals surface area (Å²) in [5.74, 6) is -1.22. The molecule has 1 amide bonds. The molecule has 1 aliphatic rings. The van der Waals surface area contributed by atoms with Crippen LogP contribution in [0.1, 0.15) is 39.0 Å². The zero-order valence-electron chi connectivity index (χ0n) is 14.9. The van der Waals surface area contributed by atoms with Crippen molar-refractivity contribution in [3.05, 3.63) is 11.3 Å². The van der Waals surface area contributed by atoms with E-state index < -0.39 is 45.8 Å². The fourth-order valence-electron chi connectivity index (χ4n) is 2.39. The van der Waals surface area contributed by atoms with E-state index in [-0.39, 0.29) is 23.5 Å². The number of halogens is 3. The van der Waals surface area contributed by atoms with Crippen LogP contribution < -0.4 is 4.18 Å². The highest BCUT2D eigenvalue weighted by Gasteiger charge is 2.50. The van der Waals surface area contributed by atoms with Crippen LogP contribution in [0.2, 0.25) is 0 Å². The first-order chi connectivity index (χ1) is 12.1. The van der Waals surface area contributed by atoms with Crippen molar-refractivity contribution in [2.45, 2.75) is 57.8 Å². The van der Waals surface area contributed by atoms with Crippen LogP contribution in [0.25, 0.3) is 0 Å². The molecule has 152 valence electrons. The number of hydrogen-bond donors (Lipinski definition) is 1. The highest BCUT2D eigenvalue weighted by atomic mass is 32.2. The van der Waals surface area contributed by atoms with Gasteiger partial charge in [-0.25, -0.2) is 4.79 Å². The van der Waals surface area contributed by atoms with Gasteiger partial charge in [0.2, 0.25) is 0 Å². The van der Waals surface area contributed by atoms with Gasteiger partial charge in [-0.2, -0.15) is 21.6 Å². The van der Waals surface area contributed by atoms with Crippen LogP contribution in [0, 0.1) is 0 Å². The molecule has 1 aromatic heterocycles. The van der Waals surface area contributed by atoms with Gasteiger partial charge < -0.3 is 8.92 Å². The number of aromatic amines is 1. The molecule has 1 aromatic rings. The number of rotatable bonds is 3. The van der Waals surface area contributed by atoms with Gasteiger partial charge in [0, 0.05) is 12.1 Å². The van der Waals surface area contributed by atoms with Gasteiger partial charge in [-0.05, 0) is 27.7 Å². The van der Waals surface area contributed by atoms with Crippen molar-refractivity contribution in [1.29, 1.82) is 0 Å². The fourth-order valence-corrected chi connectivity index (χ4v) is 2.83. The lowest BCUT2D eigenvalue weighted by Gasteiger charge is -2.35. The maximum Gasteiger partial charge on any atom is 0.534 e. The van der Waals surface area contributed by atoms with Crippen LogP contribution in [0.4, 0.5) is 18.0 Å². The number of fused-ring (bicyclic) bond motifs is 1. The molecule has 0 saturated carbocycles. The van der Waals surface area contributed by atoms with E-state index in [0.29, 0.717) is 0 Å². The van der Waals surface area contributed by atoms with Gasteiger partial charge in [0.15, 0.2) is 5.78 Å². The van der Waals surface area contributed by atoms with Gasteiger partial charge in [-0.15, -0.1) is 5.10 Å². The van der Waals surface area contributed by atoms with Gasteiger partial charge in [-0.1, -0.05) is 0 Å². The van der Waals surface area contributed by atoms with Gasteiger partial charge in [0.25, 0.3) is 5.88 Å². The topological polar surface area (TPSA) is 119 Å². The Morgan fingerprint density at radius 1 is 1.26 bits per heavy atom. The minimum atomic E-state index is -5.93. The zero-order chi connectivity index (χ0) is 20.8. The summed E-state index contributed by atoms with van der Waals surface area (Å²) in [5.41, 5.74) is -6.40. The summed E-state index contributed by atoms with van der Waals surface area (Å²) < 4.78 is 69.3. The summed E-state index contributed by atoms with van der Waals surface area (Å²) in [6.45, 7) is 5.64. The first-order valence-corrected chi connectivity index (χ1v) is 9.10. The summed E-state index contributed by atoms with van der Waals surface area (Å²) in [6.07, 6.45) is -0.981. The molecular formula is C14H18F3N3O6S. The highest BCUT2D eigenvalue weighted by Crippen LogP contribution is 2.33. The minimum absolute atomic E-state index is 0.0776. The van der Waals surface area contributed by atoms with E-state index in [4.69, 9.17) is 4.74 Å². The first kappa shape index (κ1) is 21.0. The quantitative estimate of drug-likeness (QED) is 0.594. The summed E-state index contributed by atoms with van der Waals surface area (Å²) >= 11 is 0. The number of nitrogens with one attached hydrogen (secondary N) is 1. The van der Waals surface area contributed by atoms with Crippen LogP contribution in [0.5, 0.6) is 5.88 Å². The van der Waals surface area contributed by atoms with Crippen LogP contribution >= 0.6 is 0 Å². The molecule has 0 saturated heterocycles. The van der Waals surface area contributed by atoms with Crippen LogP contribution in [0.15, 0.2) is 0 Å². The van der Waals surface area contributed by atoms with E-state index in [1.807, 2.05) is 0 Å². The Kier molecular flexibility index (Phi) is 5.20. The maximum atomic E-state index is 12.5. The summed E-state index contributed by atoms with van der Waals surface area (Å²) in [4.78, 5) is 25.3. The summed E-state index contributed by atoms with van der Waals surface area (Å²) in [5, 5.41) is 5.80. The van der Waals surface area contributed by atoms with Crippen LogP contribution in [-0.2, 0) is 32.6 Å². The number of aromatic nitrogens is 2. The molecule has 0 radical (unpaired) electrons. The molecule has 1 unspecified atom stereocenters. The lowest BCUT2D eigenvalue weighted by Crippen LogP contribution is -2.49. The first-order valence-electron chi connectivity index (χ1n) is 7.69. The molecule has 27 heavy (non-hydrogen) atoms. The minimum Gasteiger partial charge on any atom is -0.444 e. The number of ketones is 1. The molecule has 0 spiro atoms. The molecule has 13 heteroatoms. The number of hydrogen-bond acceptors (Lipinski definition) is 7. The molecule has 0 fully saturated rings. The lowest BCUT2D eigenvalue weighted by molar-refractivity contribution is -0.122. The van der Waals surface area contributed by atoms with E-state index in [2.05, 4.69) is 14.4 Å². The third-order valence-electron chi connectivity index (χ3n) is 3.59. The van der Waals surface area contributed by atoms with E-state index in [1.165, 1.54) is 6.92 Å². The SMILES string of the molecule is CC(=O)C1Cc2[nH]nc(OS(=O)(=O)C(F)(F)F)c2CN1C(=O)OC(C)(C)C. The average molecular weight is 413 g/mol. The molecule has 9 nitrogen and oxygen atoms in total. The van der Waals surface area contributed by atoms with Crippen molar-refractivity contribution < 1.29 is 40.1 Å². The average Bonchev–Trinajstić information content (AvgIpc) is 2.84. The summed E-state index contributed by atoms with van der Waals surface area (Å²) in [6, 6.07) is -0.945. The Bertz CT molecular complexity index is 856. The molecular weight excluding hydrogens is 395 g/mol. The Labute approximate surface area is 152 Å². The van der Waals surface area contributed by atoms with Crippen molar-refractivity contribution in [3.63, 3.8) is 0 Å². The number of ether oxygens (including phenoxy) is 1. The molecule has 1 aliphatic heterocycles. The van der Waals surface area contributed by atoms with Crippen molar-refractivity contribution >= 4 is 22.0 Å². The molecule has 1 atom stereocenters. The van der Waals surface area contributed by atoms with E-state index in [0.717, 1.165) is 4.90 Å². The number of Topliss-reactive ketones (excluding diaryl/α,β-unsaturated/α-hetero) is 1. The smallest absolute Gasteiger partial charge is 0.444 e. The van der Waals surface area contributed by atoms with Gasteiger partial charge in [0.1, 0.15) is 5.60 Å². The third kappa shape index (κ3) is 4.51.